The molecular weight excluding hydrogens is 687 g/mol. The summed E-state index contributed by atoms with van der Waals surface area (Å²) in [6, 6.07) is 23.1. The van der Waals surface area contributed by atoms with Crippen LogP contribution in [0.2, 0.25) is 5.54 Å². The monoisotopic (exact) mass is 740 g/mol. The van der Waals surface area contributed by atoms with E-state index in [1.807, 2.05) is 0 Å². The van der Waals surface area contributed by atoms with Crippen molar-refractivity contribution >= 4 is 23.6 Å². The van der Waals surface area contributed by atoms with Gasteiger partial charge >= 0.3 is 21.7 Å². The van der Waals surface area contributed by atoms with E-state index in [9.17, 15) is 0 Å². The van der Waals surface area contributed by atoms with Gasteiger partial charge in [0.2, 0.25) is 0 Å². The molecule has 0 bridgehead atoms. The molecule has 0 aliphatic heterocycles. The molecule has 5 unspecified atom stereocenters. The SMILES string of the molecule is CCc1cc(CC)cc([Si](c2cc(C)cc(C)c2)(c2cc(C(C)(C)C)cc(C(C)(C)C)c2)C2C(C)[CH-]C3C=CC=CC32)c1.[Cl-].[Cl-].[Cl-].[Ti+4]. The van der Waals surface area contributed by atoms with Gasteiger partial charge in [0.15, 0.2) is 0 Å². The smallest absolute Gasteiger partial charge is 1.00 e. The Balaban J connectivity index is 0.00000276. The van der Waals surface area contributed by atoms with Crippen molar-refractivity contribution in [2.45, 2.75) is 105 Å². The van der Waals surface area contributed by atoms with Crippen LogP contribution in [0.3, 0.4) is 0 Å². The number of halogens is 3. The average molecular weight is 742 g/mol. The van der Waals surface area contributed by atoms with E-state index in [0.29, 0.717) is 23.3 Å². The van der Waals surface area contributed by atoms with E-state index in [0.717, 1.165) is 12.8 Å². The first-order valence-corrected chi connectivity index (χ1v) is 18.8. The summed E-state index contributed by atoms with van der Waals surface area (Å²) in [5.41, 5.74) is 9.26. The summed E-state index contributed by atoms with van der Waals surface area (Å²) < 4.78 is 0. The van der Waals surface area contributed by atoms with Crippen molar-refractivity contribution in [1.29, 1.82) is 0 Å². The van der Waals surface area contributed by atoms with Crippen molar-refractivity contribution in [3.05, 3.63) is 119 Å². The fraction of sp³-hybridized carbons (Fsp3) is 0.452. The molecule has 5 rings (SSSR count). The van der Waals surface area contributed by atoms with Gasteiger partial charge in [-0.2, -0.15) is 5.92 Å². The predicted molar refractivity (Wildman–Crippen MR) is 192 cm³/mol. The van der Waals surface area contributed by atoms with Crippen LogP contribution in [-0.4, -0.2) is 8.07 Å². The van der Waals surface area contributed by atoms with Gasteiger partial charge in [0.25, 0.3) is 0 Å². The Bertz CT molecular complexity index is 1490. The standard InChI is InChI=1S/C42H55Si.3ClH.Ti/c1-12-31-22-32(13-2)24-37(23-31)43(36-19-28(3)18-29(4)20-36,40-30(5)21-33-16-14-15-17-39(33)40)38-26-34(41(6,7)8)25-35(27-38)42(9,10)11;;;;/h14-27,30,33,39-40H,12-13H2,1-11H3;3*1H;/q-1;;;;+4/p-3. The van der Waals surface area contributed by atoms with E-state index in [2.05, 4.69) is 161 Å². The first kappa shape index (κ1) is 44.0. The minimum Gasteiger partial charge on any atom is -1.00 e. The Hall–Kier alpha value is -1.06. The molecule has 0 radical (unpaired) electrons. The molecule has 0 N–H and O–H groups in total. The van der Waals surface area contributed by atoms with E-state index in [1.165, 1.54) is 33.4 Å². The van der Waals surface area contributed by atoms with Crippen molar-refractivity contribution in [1.82, 2.24) is 0 Å². The van der Waals surface area contributed by atoms with Crippen LogP contribution in [0.25, 0.3) is 0 Å². The molecule has 0 amide bonds. The fourth-order valence-corrected chi connectivity index (χ4v) is 14.6. The van der Waals surface area contributed by atoms with E-state index < -0.39 is 8.07 Å². The van der Waals surface area contributed by atoms with Gasteiger partial charge in [0, 0.05) is 0 Å². The van der Waals surface area contributed by atoms with E-state index in [1.54, 1.807) is 15.6 Å². The van der Waals surface area contributed by atoms with Crippen LogP contribution in [0.1, 0.15) is 95.7 Å². The second-order valence-electron chi connectivity index (χ2n) is 15.7. The van der Waals surface area contributed by atoms with Gasteiger partial charge < -0.3 is 43.6 Å². The molecule has 47 heavy (non-hydrogen) atoms. The molecule has 0 spiro atoms. The van der Waals surface area contributed by atoms with Gasteiger partial charge in [0.1, 0.15) is 8.07 Å². The normalized spacial score (nSPS) is 21.3. The first-order chi connectivity index (χ1) is 20.2. The third kappa shape index (κ3) is 8.64. The number of allylic oxidation sites excluding steroid dienone is 4. The second kappa shape index (κ2) is 16.8. The first-order valence-electron chi connectivity index (χ1n) is 16.8. The second-order valence-corrected chi connectivity index (χ2v) is 19.7. The third-order valence-corrected chi connectivity index (χ3v) is 15.9. The number of hydrogen-bond acceptors (Lipinski definition) is 0. The van der Waals surface area contributed by atoms with Crippen molar-refractivity contribution in [2.75, 3.05) is 0 Å². The molecule has 0 heterocycles. The number of fused-ring (bicyclic) bond motifs is 1. The van der Waals surface area contributed by atoms with Gasteiger partial charge in [-0.1, -0.05) is 152 Å². The molecule has 2 aliphatic carbocycles. The maximum atomic E-state index is 2.68. The van der Waals surface area contributed by atoms with Gasteiger partial charge in [-0.3, -0.25) is 0 Å². The summed E-state index contributed by atoms with van der Waals surface area (Å²) in [7, 11) is -2.66. The summed E-state index contributed by atoms with van der Waals surface area (Å²) in [5.74, 6) is 1.50. The van der Waals surface area contributed by atoms with Crippen molar-refractivity contribution in [2.24, 2.45) is 17.8 Å². The third-order valence-electron chi connectivity index (χ3n) is 10.4. The van der Waals surface area contributed by atoms with Crippen LogP contribution >= 0.6 is 0 Å². The predicted octanol–water partition coefficient (Wildman–Crippen LogP) is 0.0855. The molecule has 252 valence electrons. The fourth-order valence-electron chi connectivity index (χ4n) is 8.10. The van der Waals surface area contributed by atoms with E-state index in [4.69, 9.17) is 0 Å². The molecule has 2 aliphatic rings. The molecule has 5 heteroatoms. The average Bonchev–Trinajstić information content (AvgIpc) is 3.27. The van der Waals surface area contributed by atoms with Crippen LogP contribution in [0.4, 0.5) is 0 Å². The van der Waals surface area contributed by atoms with Crippen molar-refractivity contribution in [3.63, 3.8) is 0 Å². The molecule has 0 saturated heterocycles. The zero-order valence-corrected chi connectivity index (χ0v) is 35.3. The summed E-state index contributed by atoms with van der Waals surface area (Å²) >= 11 is 0. The van der Waals surface area contributed by atoms with Crippen LogP contribution in [0, 0.1) is 38.0 Å². The Morgan fingerprint density at radius 1 is 0.617 bits per heavy atom. The zero-order chi connectivity index (χ0) is 31.3. The Kier molecular flexibility index (Phi) is 15.7. The minimum absolute atomic E-state index is 0. The molecule has 1 saturated carbocycles. The van der Waals surface area contributed by atoms with E-state index in [-0.39, 0.29) is 69.8 Å². The molecule has 5 atom stereocenters. The van der Waals surface area contributed by atoms with Crippen LogP contribution in [0.15, 0.2) is 78.9 Å². The minimum atomic E-state index is -2.66. The van der Waals surface area contributed by atoms with E-state index >= 15 is 0 Å². The summed E-state index contributed by atoms with van der Waals surface area (Å²) in [6.07, 6.45) is 14.4. The van der Waals surface area contributed by atoms with Gasteiger partial charge in [0.05, 0.1) is 0 Å². The molecule has 0 aromatic heterocycles. The van der Waals surface area contributed by atoms with Crippen molar-refractivity contribution in [3.8, 4) is 0 Å². The maximum absolute atomic E-state index is 2.68. The van der Waals surface area contributed by atoms with Crippen LogP contribution in [0.5, 0.6) is 0 Å². The Morgan fingerprint density at radius 2 is 1.06 bits per heavy atom. The number of benzene rings is 3. The number of hydrogen-bond donors (Lipinski definition) is 0. The summed E-state index contributed by atoms with van der Waals surface area (Å²) in [6.45, 7) is 26.1. The zero-order valence-electron chi connectivity index (χ0n) is 30.4. The molecule has 3 aromatic rings. The van der Waals surface area contributed by atoms with Gasteiger partial charge in [-0.05, 0) is 81.3 Å². The van der Waals surface area contributed by atoms with Crippen molar-refractivity contribution < 1.29 is 58.9 Å². The Labute approximate surface area is 322 Å². The number of aryl methyl sites for hydroxylation is 4. The molecular formula is C42H55Cl3SiTi. The molecule has 3 aromatic carbocycles. The Morgan fingerprint density at radius 3 is 1.53 bits per heavy atom. The molecule has 0 nitrogen and oxygen atoms in total. The summed E-state index contributed by atoms with van der Waals surface area (Å²) in [5, 5.41) is 4.78. The van der Waals surface area contributed by atoms with Gasteiger partial charge in [-0.25, -0.2) is 0 Å². The topological polar surface area (TPSA) is 0 Å². The van der Waals surface area contributed by atoms with Crippen LogP contribution in [-0.2, 0) is 45.4 Å². The molecule has 1 fully saturated rings. The maximum Gasteiger partial charge on any atom is 4.00 e. The van der Waals surface area contributed by atoms with Gasteiger partial charge in [-0.15, -0.1) is 12.0 Å². The van der Waals surface area contributed by atoms with Crippen LogP contribution < -0.4 is 52.8 Å². The largest absolute Gasteiger partial charge is 4.00 e. The summed E-state index contributed by atoms with van der Waals surface area (Å²) in [4.78, 5) is 0. The number of rotatable bonds is 6. The quantitative estimate of drug-likeness (QED) is 0.191.